The van der Waals surface area contributed by atoms with Crippen molar-refractivity contribution in [3.05, 3.63) is 94.7 Å². The van der Waals surface area contributed by atoms with Gasteiger partial charge in [0.15, 0.2) is 0 Å². The maximum absolute atomic E-state index is 3.90. The molecule has 25 heavy (non-hydrogen) atoms. The Hall–Kier alpha value is -2.54. The number of nitrogens with one attached hydrogen (secondary N) is 1. The van der Waals surface area contributed by atoms with Crippen molar-refractivity contribution < 1.29 is 0 Å². The summed E-state index contributed by atoms with van der Waals surface area (Å²) in [6.45, 7) is 12.8. The van der Waals surface area contributed by atoms with Gasteiger partial charge in [0.25, 0.3) is 0 Å². The van der Waals surface area contributed by atoms with E-state index in [1.807, 2.05) is 6.08 Å². The predicted octanol–water partition coefficient (Wildman–Crippen LogP) is 6.41. The van der Waals surface area contributed by atoms with Crippen LogP contribution in [0.2, 0.25) is 0 Å². The Kier molecular flexibility index (Phi) is 4.67. The van der Waals surface area contributed by atoms with Crippen LogP contribution in [0, 0.1) is 6.92 Å². The normalized spacial score (nSPS) is 17.4. The molecular weight excluding hydrogens is 302 g/mol. The van der Waals surface area contributed by atoms with E-state index in [1.165, 1.54) is 27.8 Å². The lowest BCUT2D eigenvalue weighted by molar-refractivity contribution is 0.643. The van der Waals surface area contributed by atoms with E-state index in [-0.39, 0.29) is 5.41 Å². The number of anilines is 1. The molecule has 0 atom stereocenters. The topological polar surface area (TPSA) is 12.0 Å². The largest absolute Gasteiger partial charge is 0.356 e. The molecule has 3 rings (SSSR count). The molecule has 0 heterocycles. The van der Waals surface area contributed by atoms with Crippen molar-refractivity contribution in [2.45, 2.75) is 39.5 Å². The summed E-state index contributed by atoms with van der Waals surface area (Å²) in [5, 5.41) is 3.60. The van der Waals surface area contributed by atoms with Crippen LogP contribution in [-0.4, -0.2) is 0 Å². The zero-order valence-electron chi connectivity index (χ0n) is 15.7. The maximum Gasteiger partial charge on any atom is 0.0419 e. The first-order chi connectivity index (χ1) is 12.0. The van der Waals surface area contributed by atoms with Crippen LogP contribution in [0.3, 0.4) is 0 Å². The van der Waals surface area contributed by atoms with E-state index in [4.69, 9.17) is 0 Å². The standard InChI is InChI=1S/C24H27N/c1-6-18-12-10-14-23(17(18)3)25-21(7-2)16-20-15-19-11-8-9-13-22(19)24(20,4)5/h6-14,16,25H,1,15H2,2-5H3/b20-16+,21-7+. The van der Waals surface area contributed by atoms with E-state index in [9.17, 15) is 0 Å². The lowest BCUT2D eigenvalue weighted by atomic mass is 9.82. The summed E-state index contributed by atoms with van der Waals surface area (Å²) in [5.41, 5.74) is 9.08. The molecule has 0 unspecified atom stereocenters. The van der Waals surface area contributed by atoms with Gasteiger partial charge >= 0.3 is 0 Å². The molecule has 2 aromatic rings. The maximum atomic E-state index is 3.90. The third-order valence-electron chi connectivity index (χ3n) is 5.39. The van der Waals surface area contributed by atoms with Crippen molar-refractivity contribution in [1.82, 2.24) is 0 Å². The van der Waals surface area contributed by atoms with E-state index in [2.05, 4.69) is 94.2 Å². The van der Waals surface area contributed by atoms with Crippen LogP contribution in [0.1, 0.15) is 43.0 Å². The third kappa shape index (κ3) is 3.19. The number of benzene rings is 2. The number of hydrogen-bond acceptors (Lipinski definition) is 1. The highest BCUT2D eigenvalue weighted by Gasteiger charge is 2.34. The van der Waals surface area contributed by atoms with Gasteiger partial charge in [-0.05, 0) is 54.7 Å². The first-order valence-electron chi connectivity index (χ1n) is 8.92. The van der Waals surface area contributed by atoms with Crippen molar-refractivity contribution in [3.8, 4) is 0 Å². The fraction of sp³-hybridized carbons (Fsp3) is 0.250. The van der Waals surface area contributed by atoms with Crippen LogP contribution in [0.15, 0.2) is 72.5 Å². The summed E-state index contributed by atoms with van der Waals surface area (Å²) in [5.74, 6) is 0. The number of hydrogen-bond donors (Lipinski definition) is 1. The first-order valence-corrected chi connectivity index (χ1v) is 8.92. The molecule has 1 N–H and O–H groups in total. The van der Waals surface area contributed by atoms with Gasteiger partial charge in [-0.2, -0.15) is 0 Å². The first kappa shape index (κ1) is 17.3. The summed E-state index contributed by atoms with van der Waals surface area (Å²) in [4.78, 5) is 0. The van der Waals surface area contributed by atoms with Crippen LogP contribution in [0.5, 0.6) is 0 Å². The molecule has 1 aliphatic carbocycles. The second-order valence-electron chi connectivity index (χ2n) is 7.22. The Morgan fingerprint density at radius 3 is 2.56 bits per heavy atom. The lowest BCUT2D eigenvalue weighted by Crippen LogP contribution is -2.16. The summed E-state index contributed by atoms with van der Waals surface area (Å²) in [7, 11) is 0. The summed E-state index contributed by atoms with van der Waals surface area (Å²) < 4.78 is 0. The molecule has 0 amide bonds. The van der Waals surface area contributed by atoms with Gasteiger partial charge in [-0.25, -0.2) is 0 Å². The molecule has 2 aromatic carbocycles. The Morgan fingerprint density at radius 2 is 1.88 bits per heavy atom. The van der Waals surface area contributed by atoms with Crippen LogP contribution < -0.4 is 5.32 Å². The summed E-state index contributed by atoms with van der Waals surface area (Å²) in [6.07, 6.45) is 7.39. The minimum atomic E-state index is 0.0740. The Morgan fingerprint density at radius 1 is 1.12 bits per heavy atom. The highest BCUT2D eigenvalue weighted by atomic mass is 14.9. The zero-order valence-corrected chi connectivity index (χ0v) is 15.7. The number of rotatable bonds is 4. The molecule has 128 valence electrons. The minimum Gasteiger partial charge on any atom is -0.356 e. The van der Waals surface area contributed by atoms with Gasteiger partial charge in [-0.15, -0.1) is 0 Å². The fourth-order valence-corrected chi connectivity index (χ4v) is 3.66. The molecule has 1 heteroatoms. The third-order valence-corrected chi connectivity index (χ3v) is 5.39. The average Bonchev–Trinajstić information content (AvgIpc) is 2.86. The summed E-state index contributed by atoms with van der Waals surface area (Å²) >= 11 is 0. The molecule has 0 aromatic heterocycles. The quantitative estimate of drug-likeness (QED) is 0.683. The molecule has 0 aliphatic heterocycles. The second kappa shape index (κ2) is 6.76. The van der Waals surface area contributed by atoms with Crippen molar-refractivity contribution in [3.63, 3.8) is 0 Å². The van der Waals surface area contributed by atoms with E-state index in [0.717, 1.165) is 17.8 Å². The van der Waals surface area contributed by atoms with E-state index < -0.39 is 0 Å². The van der Waals surface area contributed by atoms with E-state index >= 15 is 0 Å². The molecular formula is C24H27N. The highest BCUT2D eigenvalue weighted by molar-refractivity contribution is 5.66. The van der Waals surface area contributed by atoms with Gasteiger partial charge in [0, 0.05) is 16.8 Å². The van der Waals surface area contributed by atoms with Gasteiger partial charge in [-0.1, -0.05) is 74.5 Å². The van der Waals surface area contributed by atoms with E-state index in [0.29, 0.717) is 0 Å². The predicted molar refractivity (Wildman–Crippen MR) is 110 cm³/mol. The molecule has 0 bridgehead atoms. The van der Waals surface area contributed by atoms with Crippen LogP contribution in [-0.2, 0) is 11.8 Å². The monoisotopic (exact) mass is 329 g/mol. The fourth-order valence-electron chi connectivity index (χ4n) is 3.66. The molecule has 0 saturated heterocycles. The van der Waals surface area contributed by atoms with Crippen LogP contribution in [0.25, 0.3) is 6.08 Å². The van der Waals surface area contributed by atoms with Crippen LogP contribution >= 0.6 is 0 Å². The molecule has 0 spiro atoms. The number of fused-ring (bicyclic) bond motifs is 1. The second-order valence-corrected chi connectivity index (χ2v) is 7.22. The van der Waals surface area contributed by atoms with E-state index in [1.54, 1.807) is 0 Å². The van der Waals surface area contributed by atoms with Gasteiger partial charge in [-0.3, -0.25) is 0 Å². The molecule has 1 nitrogen and oxygen atoms in total. The SMILES string of the molecule is C=Cc1cccc(NC(=C/C)/C=C2\Cc3ccccc3C2(C)C)c1C. The lowest BCUT2D eigenvalue weighted by Gasteiger charge is -2.23. The molecule has 1 aliphatic rings. The highest BCUT2D eigenvalue weighted by Crippen LogP contribution is 2.42. The average molecular weight is 329 g/mol. The smallest absolute Gasteiger partial charge is 0.0419 e. The summed E-state index contributed by atoms with van der Waals surface area (Å²) in [6, 6.07) is 15.1. The zero-order chi connectivity index (χ0) is 18.0. The van der Waals surface area contributed by atoms with Crippen molar-refractivity contribution in [2.75, 3.05) is 5.32 Å². The Labute approximate surface area is 151 Å². The minimum absolute atomic E-state index is 0.0740. The van der Waals surface area contributed by atoms with Crippen molar-refractivity contribution in [1.29, 1.82) is 0 Å². The number of allylic oxidation sites excluding steroid dienone is 3. The molecule has 0 radical (unpaired) electrons. The van der Waals surface area contributed by atoms with Crippen LogP contribution in [0.4, 0.5) is 5.69 Å². The van der Waals surface area contributed by atoms with Gasteiger partial charge in [0.1, 0.15) is 0 Å². The van der Waals surface area contributed by atoms with Crippen molar-refractivity contribution in [2.24, 2.45) is 0 Å². The van der Waals surface area contributed by atoms with Gasteiger partial charge in [0.05, 0.1) is 0 Å². The van der Waals surface area contributed by atoms with Gasteiger partial charge in [0.2, 0.25) is 0 Å². The van der Waals surface area contributed by atoms with Gasteiger partial charge < -0.3 is 5.32 Å². The molecule has 0 fully saturated rings. The molecule has 0 saturated carbocycles. The Balaban J connectivity index is 1.92. The van der Waals surface area contributed by atoms with Crippen molar-refractivity contribution >= 4 is 11.8 Å². The Bertz CT molecular complexity index is 865.